The molecule has 2 rings (SSSR count). The first-order valence-electron chi connectivity index (χ1n) is 7.65. The number of nitrogens with zero attached hydrogens (tertiary/aromatic N) is 1. The summed E-state index contributed by atoms with van der Waals surface area (Å²) in [5.74, 6) is 0.859. The molecule has 1 saturated carbocycles. The maximum absolute atomic E-state index is 6.17. The van der Waals surface area contributed by atoms with Gasteiger partial charge in [-0.1, -0.05) is 25.4 Å². The van der Waals surface area contributed by atoms with E-state index in [1.165, 1.54) is 30.6 Å². The molecule has 1 atom stereocenters. The minimum Gasteiger partial charge on any atom is -0.308 e. The van der Waals surface area contributed by atoms with Crippen LogP contribution in [0.5, 0.6) is 0 Å². The number of hydrogen-bond donors (Lipinski definition) is 1. The zero-order valence-electron chi connectivity index (χ0n) is 13.1. The van der Waals surface area contributed by atoms with Gasteiger partial charge in [-0.3, -0.25) is 0 Å². The molecule has 0 aromatic carbocycles. The Hall–Kier alpha value is -0.0900. The lowest BCUT2D eigenvalue weighted by Crippen LogP contribution is -2.55. The first kappa shape index (κ1) is 16.3. The predicted octanol–water partition coefficient (Wildman–Crippen LogP) is 4.56. The number of nitrogens with one attached hydrogen (secondary N) is 1. The van der Waals surface area contributed by atoms with Gasteiger partial charge in [0.25, 0.3) is 0 Å². The molecule has 114 valence electrons. The average molecular weight is 315 g/mol. The first-order chi connectivity index (χ1) is 9.49. The van der Waals surface area contributed by atoms with Gasteiger partial charge in [-0.15, -0.1) is 11.3 Å². The molecule has 0 saturated heterocycles. The third-order valence-corrected chi connectivity index (χ3v) is 6.15. The monoisotopic (exact) mass is 314 g/mol. The van der Waals surface area contributed by atoms with Crippen LogP contribution in [0.2, 0.25) is 4.34 Å². The van der Waals surface area contributed by atoms with Gasteiger partial charge in [0.2, 0.25) is 0 Å². The second-order valence-electron chi connectivity index (χ2n) is 6.31. The Kier molecular flexibility index (Phi) is 5.52. The molecule has 1 aromatic heterocycles. The smallest absolute Gasteiger partial charge is 0.0931 e. The number of halogens is 1. The van der Waals surface area contributed by atoms with Gasteiger partial charge in [0.05, 0.1) is 10.4 Å². The molecule has 1 heterocycles. The maximum Gasteiger partial charge on any atom is 0.0931 e. The van der Waals surface area contributed by atoms with Gasteiger partial charge in [0, 0.05) is 10.4 Å². The van der Waals surface area contributed by atoms with Crippen molar-refractivity contribution in [2.75, 3.05) is 20.6 Å². The van der Waals surface area contributed by atoms with Crippen molar-refractivity contribution in [2.24, 2.45) is 5.92 Å². The fourth-order valence-electron chi connectivity index (χ4n) is 3.50. The van der Waals surface area contributed by atoms with Crippen molar-refractivity contribution in [2.45, 2.75) is 51.1 Å². The molecule has 1 aliphatic rings. The highest BCUT2D eigenvalue weighted by Crippen LogP contribution is 2.45. The van der Waals surface area contributed by atoms with Crippen LogP contribution in [-0.2, 0) is 0 Å². The van der Waals surface area contributed by atoms with Gasteiger partial charge < -0.3 is 10.2 Å². The fourth-order valence-corrected chi connectivity index (χ4v) is 4.75. The Morgan fingerprint density at radius 3 is 2.50 bits per heavy atom. The van der Waals surface area contributed by atoms with E-state index in [9.17, 15) is 0 Å². The van der Waals surface area contributed by atoms with Crippen LogP contribution in [0.15, 0.2) is 12.1 Å². The Balaban J connectivity index is 2.32. The summed E-state index contributed by atoms with van der Waals surface area (Å²) in [6.07, 6.45) is 5.15. The lowest BCUT2D eigenvalue weighted by atomic mass is 9.71. The Labute approximate surface area is 132 Å². The molecule has 1 fully saturated rings. The van der Waals surface area contributed by atoms with Gasteiger partial charge in [0.1, 0.15) is 0 Å². The SMILES string of the molecule is CCNC(c1ccc(Cl)s1)C1(N(C)C)CCC(C)CC1. The summed E-state index contributed by atoms with van der Waals surface area (Å²) in [5, 5.41) is 3.73. The Morgan fingerprint density at radius 2 is 2.05 bits per heavy atom. The second kappa shape index (κ2) is 6.78. The normalized spacial score (nSPS) is 28.8. The summed E-state index contributed by atoms with van der Waals surface area (Å²) in [7, 11) is 4.46. The molecular formula is C16H27ClN2S. The van der Waals surface area contributed by atoms with Crippen molar-refractivity contribution < 1.29 is 0 Å². The largest absolute Gasteiger partial charge is 0.308 e. The molecule has 1 aliphatic carbocycles. The zero-order chi connectivity index (χ0) is 14.8. The lowest BCUT2D eigenvalue weighted by Gasteiger charge is -2.49. The fraction of sp³-hybridized carbons (Fsp3) is 0.750. The quantitative estimate of drug-likeness (QED) is 0.857. The highest BCUT2D eigenvalue weighted by Gasteiger charge is 2.43. The van der Waals surface area contributed by atoms with E-state index in [1.807, 2.05) is 6.07 Å². The maximum atomic E-state index is 6.17. The molecule has 4 heteroatoms. The molecule has 1 aromatic rings. The molecule has 0 bridgehead atoms. The van der Waals surface area contributed by atoms with Crippen LogP contribution < -0.4 is 5.32 Å². The average Bonchev–Trinajstić information content (AvgIpc) is 2.83. The molecule has 20 heavy (non-hydrogen) atoms. The van der Waals surface area contributed by atoms with Gasteiger partial charge in [-0.2, -0.15) is 0 Å². The lowest BCUT2D eigenvalue weighted by molar-refractivity contribution is 0.0446. The van der Waals surface area contributed by atoms with Crippen molar-refractivity contribution in [3.05, 3.63) is 21.3 Å². The Bertz CT molecular complexity index is 422. The molecule has 1 N–H and O–H groups in total. The van der Waals surface area contributed by atoms with Crippen LogP contribution in [0.1, 0.15) is 50.4 Å². The predicted molar refractivity (Wildman–Crippen MR) is 89.8 cm³/mol. The second-order valence-corrected chi connectivity index (χ2v) is 8.06. The third-order valence-electron chi connectivity index (χ3n) is 4.85. The van der Waals surface area contributed by atoms with Gasteiger partial charge >= 0.3 is 0 Å². The third kappa shape index (κ3) is 3.22. The van der Waals surface area contributed by atoms with Crippen molar-refractivity contribution in [1.82, 2.24) is 10.2 Å². The highest BCUT2D eigenvalue weighted by molar-refractivity contribution is 7.16. The summed E-state index contributed by atoms with van der Waals surface area (Å²) in [4.78, 5) is 3.82. The van der Waals surface area contributed by atoms with Gasteiger partial charge in [0.15, 0.2) is 0 Å². The van der Waals surface area contributed by atoms with E-state index in [1.54, 1.807) is 11.3 Å². The molecule has 0 amide bonds. The van der Waals surface area contributed by atoms with E-state index < -0.39 is 0 Å². The minimum atomic E-state index is 0.219. The van der Waals surface area contributed by atoms with Crippen LogP contribution in [0, 0.1) is 5.92 Å². The highest BCUT2D eigenvalue weighted by atomic mass is 35.5. The van der Waals surface area contributed by atoms with Crippen molar-refractivity contribution >= 4 is 22.9 Å². The molecule has 2 nitrogen and oxygen atoms in total. The van der Waals surface area contributed by atoms with E-state index in [2.05, 4.69) is 44.2 Å². The minimum absolute atomic E-state index is 0.219. The van der Waals surface area contributed by atoms with E-state index in [4.69, 9.17) is 11.6 Å². The van der Waals surface area contributed by atoms with Crippen LogP contribution >= 0.6 is 22.9 Å². The summed E-state index contributed by atoms with van der Waals surface area (Å²) < 4.78 is 0.890. The number of likely N-dealkylation sites (N-methyl/N-ethyl adjacent to an activating group) is 2. The van der Waals surface area contributed by atoms with Gasteiger partial charge in [-0.05, 0) is 64.4 Å². The van der Waals surface area contributed by atoms with E-state index in [0.29, 0.717) is 6.04 Å². The summed E-state index contributed by atoms with van der Waals surface area (Å²) in [6.45, 7) is 5.56. The van der Waals surface area contributed by atoms with E-state index in [0.717, 1.165) is 16.8 Å². The molecule has 1 unspecified atom stereocenters. The molecule has 0 radical (unpaired) electrons. The number of rotatable bonds is 5. The Morgan fingerprint density at radius 1 is 1.40 bits per heavy atom. The topological polar surface area (TPSA) is 15.3 Å². The first-order valence-corrected chi connectivity index (χ1v) is 8.85. The zero-order valence-corrected chi connectivity index (χ0v) is 14.7. The van der Waals surface area contributed by atoms with Crippen molar-refractivity contribution in [1.29, 1.82) is 0 Å². The molecular weight excluding hydrogens is 288 g/mol. The van der Waals surface area contributed by atoms with Crippen LogP contribution in [-0.4, -0.2) is 31.1 Å². The standard InChI is InChI=1S/C16H27ClN2S/c1-5-18-15(13-6-7-14(17)20-13)16(19(3)4)10-8-12(2)9-11-16/h6-7,12,15,18H,5,8-11H2,1-4H3. The summed E-state index contributed by atoms with van der Waals surface area (Å²) in [5.41, 5.74) is 0.219. The molecule has 0 aliphatic heterocycles. The summed E-state index contributed by atoms with van der Waals surface area (Å²) in [6, 6.07) is 4.61. The van der Waals surface area contributed by atoms with Gasteiger partial charge in [-0.25, -0.2) is 0 Å². The number of hydrogen-bond acceptors (Lipinski definition) is 3. The van der Waals surface area contributed by atoms with Crippen LogP contribution in [0.3, 0.4) is 0 Å². The van der Waals surface area contributed by atoms with E-state index >= 15 is 0 Å². The number of thiophene rings is 1. The van der Waals surface area contributed by atoms with Crippen LogP contribution in [0.4, 0.5) is 0 Å². The summed E-state index contributed by atoms with van der Waals surface area (Å²) >= 11 is 7.89. The van der Waals surface area contributed by atoms with Crippen molar-refractivity contribution in [3.8, 4) is 0 Å². The van der Waals surface area contributed by atoms with Crippen LogP contribution in [0.25, 0.3) is 0 Å². The van der Waals surface area contributed by atoms with E-state index in [-0.39, 0.29) is 5.54 Å². The molecule has 0 spiro atoms. The van der Waals surface area contributed by atoms with Crippen molar-refractivity contribution in [3.63, 3.8) is 0 Å².